The molecule has 2 aromatic carbocycles. The molecule has 0 aliphatic heterocycles. The van der Waals surface area contributed by atoms with Crippen molar-refractivity contribution in [3.8, 4) is 11.3 Å². The number of nitrogens with zero attached hydrogens (tertiary/aromatic N) is 2. The Balaban J connectivity index is 0.000000604. The number of hydrogen-bond donors (Lipinski definition) is 4. The smallest absolute Gasteiger partial charge is 0.412 e. The van der Waals surface area contributed by atoms with Gasteiger partial charge in [0.2, 0.25) is 0 Å². The Morgan fingerprint density at radius 3 is 2.09 bits per heavy atom. The van der Waals surface area contributed by atoms with E-state index in [1.54, 1.807) is 37.7 Å². The maximum absolute atomic E-state index is 12.4. The zero-order chi connectivity index (χ0) is 25.4. The summed E-state index contributed by atoms with van der Waals surface area (Å²) in [6, 6.07) is 15.1. The lowest BCUT2D eigenvalue weighted by Crippen LogP contribution is -2.25. The van der Waals surface area contributed by atoms with E-state index in [2.05, 4.69) is 10.4 Å². The topological polar surface area (TPSA) is 157 Å². The van der Waals surface area contributed by atoms with Crippen molar-refractivity contribution < 1.29 is 29.3 Å². The number of rotatable bonds is 6. The van der Waals surface area contributed by atoms with Crippen molar-refractivity contribution in [1.82, 2.24) is 9.78 Å². The minimum Gasteiger partial charge on any atom is -0.480 e. The van der Waals surface area contributed by atoms with Crippen LogP contribution in [-0.4, -0.2) is 44.1 Å². The van der Waals surface area contributed by atoms with E-state index in [4.69, 9.17) is 20.7 Å². The Bertz CT molecular complexity index is 1140. The zero-order valence-corrected chi connectivity index (χ0v) is 19.4. The van der Waals surface area contributed by atoms with Crippen molar-refractivity contribution in [2.45, 2.75) is 32.9 Å². The second-order valence-corrected chi connectivity index (χ2v) is 7.53. The Morgan fingerprint density at radius 1 is 1.03 bits per heavy atom. The van der Waals surface area contributed by atoms with Gasteiger partial charge in [-0.3, -0.25) is 14.8 Å². The molecule has 0 bridgehead atoms. The molecule has 0 aliphatic rings. The monoisotopic (exact) mass is 468 g/mol. The van der Waals surface area contributed by atoms with Gasteiger partial charge in [0.25, 0.3) is 0 Å². The molecule has 5 N–H and O–H groups in total. The van der Waals surface area contributed by atoms with E-state index < -0.39 is 30.2 Å². The summed E-state index contributed by atoms with van der Waals surface area (Å²) in [6.45, 7) is 5.00. The Morgan fingerprint density at radius 2 is 1.59 bits per heavy atom. The number of amides is 1. The van der Waals surface area contributed by atoms with Gasteiger partial charge in [0.05, 0.1) is 22.6 Å². The minimum absolute atomic E-state index is 0.188. The Labute approximate surface area is 197 Å². The van der Waals surface area contributed by atoms with Crippen LogP contribution in [0.25, 0.3) is 11.3 Å². The number of carboxylic acids is 2. The van der Waals surface area contributed by atoms with Crippen LogP contribution in [0.5, 0.6) is 0 Å². The molecule has 0 saturated carbocycles. The van der Waals surface area contributed by atoms with E-state index in [9.17, 15) is 14.4 Å². The lowest BCUT2D eigenvalue weighted by Gasteiger charge is -2.15. The molecular formula is C24H28N4O6. The quantitative estimate of drug-likeness (QED) is 0.425. The number of aromatic nitrogens is 2. The molecule has 0 saturated heterocycles. The van der Waals surface area contributed by atoms with Crippen molar-refractivity contribution in [2.75, 3.05) is 5.32 Å². The highest BCUT2D eigenvalue weighted by Crippen LogP contribution is 2.31. The van der Waals surface area contributed by atoms with Crippen LogP contribution >= 0.6 is 0 Å². The zero-order valence-electron chi connectivity index (χ0n) is 19.4. The summed E-state index contributed by atoms with van der Waals surface area (Å²) >= 11 is 0. The first-order valence-electron chi connectivity index (χ1n) is 10.4. The van der Waals surface area contributed by atoms with Gasteiger partial charge in [-0.1, -0.05) is 42.5 Å². The van der Waals surface area contributed by atoms with E-state index in [-0.39, 0.29) is 5.56 Å². The normalized spacial score (nSPS) is 12.0. The fourth-order valence-electron chi connectivity index (χ4n) is 2.99. The molecule has 10 heteroatoms. The summed E-state index contributed by atoms with van der Waals surface area (Å²) in [6.07, 6.45) is -0.993. The summed E-state index contributed by atoms with van der Waals surface area (Å²) in [5.41, 5.74) is 8.47. The number of aromatic carboxylic acids is 1. The van der Waals surface area contributed by atoms with E-state index in [1.807, 2.05) is 30.3 Å². The highest BCUT2D eigenvalue weighted by atomic mass is 16.6. The fraction of sp³-hybridized carbons (Fsp3) is 0.250. The standard InChI is InChI=1S/C21H21N3O4.C3H7NO2/c1-13-18(22-21(27)28-14(2)15-7-5-4-6-8-15)19(24(3)23-13)16-9-11-17(12-10-16)20(25)26;1-2(4)3(5)6/h4-12,14H,1-3H3,(H,22,27)(H,25,26);2H,4H2,1H3,(H,5,6)/t14-;/m1./s1. The van der Waals surface area contributed by atoms with Gasteiger partial charge in [0.1, 0.15) is 12.1 Å². The number of nitrogens with two attached hydrogens (primary N) is 1. The first-order valence-corrected chi connectivity index (χ1v) is 10.4. The number of anilines is 1. The van der Waals surface area contributed by atoms with Crippen LogP contribution in [0.4, 0.5) is 10.5 Å². The molecule has 3 aromatic rings. The maximum atomic E-state index is 12.4. The van der Waals surface area contributed by atoms with Gasteiger partial charge >= 0.3 is 18.0 Å². The lowest BCUT2D eigenvalue weighted by atomic mass is 10.1. The number of hydrogen-bond acceptors (Lipinski definition) is 6. The highest BCUT2D eigenvalue weighted by molar-refractivity contribution is 5.93. The molecule has 0 aliphatic carbocycles. The van der Waals surface area contributed by atoms with E-state index in [1.165, 1.54) is 19.1 Å². The third kappa shape index (κ3) is 6.91. The molecule has 0 fully saturated rings. The molecule has 2 atom stereocenters. The molecule has 10 nitrogen and oxygen atoms in total. The average molecular weight is 469 g/mol. The van der Waals surface area contributed by atoms with Gasteiger partial charge in [0, 0.05) is 12.6 Å². The molecule has 1 amide bonds. The second kappa shape index (κ2) is 11.6. The summed E-state index contributed by atoms with van der Waals surface area (Å²) in [5, 5.41) is 24.1. The first kappa shape index (κ1) is 26.1. The number of carbonyl (C=O) groups is 3. The molecule has 3 rings (SSSR count). The molecule has 1 aromatic heterocycles. The summed E-state index contributed by atoms with van der Waals surface area (Å²) in [5.74, 6) is -1.96. The van der Waals surface area contributed by atoms with Crippen molar-refractivity contribution >= 4 is 23.7 Å². The molecule has 34 heavy (non-hydrogen) atoms. The molecule has 1 heterocycles. The lowest BCUT2D eigenvalue weighted by molar-refractivity contribution is -0.138. The van der Waals surface area contributed by atoms with Crippen molar-refractivity contribution in [3.05, 3.63) is 71.4 Å². The summed E-state index contributed by atoms with van der Waals surface area (Å²) in [7, 11) is 1.76. The van der Waals surface area contributed by atoms with Gasteiger partial charge in [0.15, 0.2) is 0 Å². The number of carbonyl (C=O) groups excluding carboxylic acids is 1. The van der Waals surface area contributed by atoms with Crippen molar-refractivity contribution in [3.63, 3.8) is 0 Å². The fourth-order valence-corrected chi connectivity index (χ4v) is 2.99. The third-order valence-electron chi connectivity index (χ3n) is 4.80. The molecule has 1 unspecified atom stereocenters. The SMILES string of the molecule is CC(N)C(=O)O.Cc1nn(C)c(-c2ccc(C(=O)O)cc2)c1NC(=O)O[C@H](C)c1ccccc1. The van der Waals surface area contributed by atoms with Crippen LogP contribution in [0.2, 0.25) is 0 Å². The van der Waals surface area contributed by atoms with Crippen molar-refractivity contribution in [2.24, 2.45) is 12.8 Å². The minimum atomic E-state index is -0.996. The average Bonchev–Trinajstić information content (AvgIpc) is 3.07. The summed E-state index contributed by atoms with van der Waals surface area (Å²) in [4.78, 5) is 33.1. The van der Waals surface area contributed by atoms with Gasteiger partial charge < -0.3 is 20.7 Å². The maximum Gasteiger partial charge on any atom is 0.412 e. The Kier molecular flexibility index (Phi) is 8.91. The number of ether oxygens (including phenoxy) is 1. The van der Waals surface area contributed by atoms with Crippen LogP contribution in [-0.2, 0) is 16.6 Å². The van der Waals surface area contributed by atoms with Gasteiger partial charge in [-0.2, -0.15) is 5.10 Å². The van der Waals surface area contributed by atoms with Gasteiger partial charge in [-0.05, 0) is 38.5 Å². The third-order valence-corrected chi connectivity index (χ3v) is 4.80. The van der Waals surface area contributed by atoms with Crippen molar-refractivity contribution in [1.29, 1.82) is 0 Å². The molecule has 0 spiro atoms. The predicted molar refractivity (Wildman–Crippen MR) is 127 cm³/mol. The first-order chi connectivity index (χ1) is 16.0. The number of aliphatic carboxylic acids is 1. The van der Waals surface area contributed by atoms with Crippen LogP contribution in [0, 0.1) is 6.92 Å². The van der Waals surface area contributed by atoms with E-state index >= 15 is 0 Å². The van der Waals surface area contributed by atoms with E-state index in [0.717, 1.165) is 11.1 Å². The number of benzene rings is 2. The van der Waals surface area contributed by atoms with E-state index in [0.29, 0.717) is 17.1 Å². The number of aryl methyl sites for hydroxylation is 2. The van der Waals surface area contributed by atoms with Gasteiger partial charge in [-0.25, -0.2) is 9.59 Å². The molecular weight excluding hydrogens is 440 g/mol. The largest absolute Gasteiger partial charge is 0.480 e. The summed E-state index contributed by atoms with van der Waals surface area (Å²) < 4.78 is 7.12. The molecule has 180 valence electrons. The predicted octanol–water partition coefficient (Wildman–Crippen LogP) is 3.82. The van der Waals surface area contributed by atoms with Crippen LogP contribution in [0.1, 0.15) is 41.6 Å². The molecule has 0 radical (unpaired) electrons. The van der Waals surface area contributed by atoms with Crippen LogP contribution < -0.4 is 11.1 Å². The van der Waals surface area contributed by atoms with Crippen LogP contribution in [0.15, 0.2) is 54.6 Å². The Hall–Kier alpha value is -4.18. The highest BCUT2D eigenvalue weighted by Gasteiger charge is 2.20. The second-order valence-electron chi connectivity index (χ2n) is 7.53. The van der Waals surface area contributed by atoms with Crippen LogP contribution in [0.3, 0.4) is 0 Å². The number of nitrogens with one attached hydrogen (secondary N) is 1. The number of carboxylic acid groups (broad SMARTS) is 2. The van der Waals surface area contributed by atoms with Gasteiger partial charge in [-0.15, -0.1) is 0 Å².